The van der Waals surface area contributed by atoms with Gasteiger partial charge in [-0.05, 0) is 55.6 Å². The summed E-state index contributed by atoms with van der Waals surface area (Å²) in [5, 5.41) is 4.26. The van der Waals surface area contributed by atoms with Crippen LogP contribution in [0.15, 0.2) is 35.5 Å². The molecule has 1 fully saturated rings. The Bertz CT molecular complexity index is 1280. The number of benzene rings is 1. The van der Waals surface area contributed by atoms with E-state index >= 15 is 0 Å². The molecular formula is C22H26N6O2. The molecule has 1 N–H and O–H groups in total. The number of nitrogens with zero attached hydrogens (tertiary/aromatic N) is 5. The molecular weight excluding hydrogens is 380 g/mol. The standard InChI is InChI=1S/C22H26N6O2/c1-4-26-7-5-16(6-8-26)28-19-9-14(2)17(11-18(19)25-22(28)29)15-10-20(30-3)21-23-13-24-27(21)12-15/h9-13,16H,4-8H2,1-3H3,(H,25,29). The first-order chi connectivity index (χ1) is 14.6. The molecule has 8 nitrogen and oxygen atoms in total. The first kappa shape index (κ1) is 18.9. The van der Waals surface area contributed by atoms with Gasteiger partial charge in [-0.1, -0.05) is 6.92 Å². The highest BCUT2D eigenvalue weighted by atomic mass is 16.5. The first-order valence-corrected chi connectivity index (χ1v) is 10.4. The summed E-state index contributed by atoms with van der Waals surface area (Å²) < 4.78 is 9.18. The fraction of sp³-hybridized carbons (Fsp3) is 0.409. The second-order valence-electron chi connectivity index (χ2n) is 7.98. The van der Waals surface area contributed by atoms with E-state index in [1.54, 1.807) is 11.6 Å². The smallest absolute Gasteiger partial charge is 0.326 e. The van der Waals surface area contributed by atoms with Crippen molar-refractivity contribution in [3.8, 4) is 16.9 Å². The minimum atomic E-state index is -0.0270. The van der Waals surface area contributed by atoms with Crippen molar-refractivity contribution in [3.63, 3.8) is 0 Å². The molecule has 0 saturated carbocycles. The first-order valence-electron chi connectivity index (χ1n) is 10.4. The number of aryl methyl sites for hydroxylation is 1. The molecule has 0 amide bonds. The zero-order valence-electron chi connectivity index (χ0n) is 17.6. The zero-order valence-corrected chi connectivity index (χ0v) is 17.6. The molecule has 0 atom stereocenters. The van der Waals surface area contributed by atoms with E-state index in [2.05, 4.69) is 45.9 Å². The largest absolute Gasteiger partial charge is 0.493 e. The summed E-state index contributed by atoms with van der Waals surface area (Å²) in [6, 6.07) is 6.38. The third-order valence-corrected chi connectivity index (χ3v) is 6.30. The summed E-state index contributed by atoms with van der Waals surface area (Å²) >= 11 is 0. The van der Waals surface area contributed by atoms with E-state index in [-0.39, 0.29) is 11.7 Å². The van der Waals surface area contributed by atoms with Crippen LogP contribution in [0.2, 0.25) is 0 Å². The number of nitrogens with one attached hydrogen (secondary N) is 1. The molecule has 8 heteroatoms. The van der Waals surface area contributed by atoms with Gasteiger partial charge >= 0.3 is 5.69 Å². The Morgan fingerprint density at radius 2 is 2.03 bits per heavy atom. The van der Waals surface area contributed by atoms with Gasteiger partial charge < -0.3 is 14.6 Å². The Balaban J connectivity index is 1.60. The predicted molar refractivity (Wildman–Crippen MR) is 116 cm³/mol. The molecule has 156 valence electrons. The second kappa shape index (κ2) is 7.28. The van der Waals surface area contributed by atoms with Crippen LogP contribution in [0.25, 0.3) is 27.8 Å². The highest BCUT2D eigenvalue weighted by molar-refractivity contribution is 5.85. The molecule has 5 rings (SSSR count). The number of methoxy groups -OCH3 is 1. The van der Waals surface area contributed by atoms with Crippen LogP contribution in [0.4, 0.5) is 0 Å². The normalized spacial score (nSPS) is 16.0. The molecule has 0 bridgehead atoms. The molecule has 1 saturated heterocycles. The van der Waals surface area contributed by atoms with Crippen LogP contribution in [0.3, 0.4) is 0 Å². The predicted octanol–water partition coefficient (Wildman–Crippen LogP) is 3.01. The monoisotopic (exact) mass is 406 g/mol. The van der Waals surface area contributed by atoms with Crippen LogP contribution >= 0.6 is 0 Å². The van der Waals surface area contributed by atoms with Gasteiger partial charge in [0.1, 0.15) is 6.33 Å². The van der Waals surface area contributed by atoms with E-state index in [9.17, 15) is 4.79 Å². The van der Waals surface area contributed by atoms with E-state index in [4.69, 9.17) is 4.74 Å². The summed E-state index contributed by atoms with van der Waals surface area (Å²) in [6.07, 6.45) is 5.46. The maximum atomic E-state index is 12.8. The van der Waals surface area contributed by atoms with Gasteiger partial charge in [0, 0.05) is 30.9 Å². The van der Waals surface area contributed by atoms with Gasteiger partial charge in [0.15, 0.2) is 11.4 Å². The number of hydrogen-bond donors (Lipinski definition) is 1. The number of H-pyrrole nitrogens is 1. The number of aromatic amines is 1. The van der Waals surface area contributed by atoms with Crippen LogP contribution < -0.4 is 10.4 Å². The minimum absolute atomic E-state index is 0.0270. The van der Waals surface area contributed by atoms with E-state index < -0.39 is 0 Å². The van der Waals surface area contributed by atoms with Gasteiger partial charge in [-0.15, -0.1) is 0 Å². The molecule has 0 unspecified atom stereocenters. The van der Waals surface area contributed by atoms with Crippen LogP contribution in [-0.4, -0.2) is 55.8 Å². The highest BCUT2D eigenvalue weighted by Gasteiger charge is 2.23. The summed E-state index contributed by atoms with van der Waals surface area (Å²) in [5.74, 6) is 0.665. The van der Waals surface area contributed by atoms with Gasteiger partial charge in [-0.25, -0.2) is 14.3 Å². The lowest BCUT2D eigenvalue weighted by molar-refractivity contribution is 0.195. The summed E-state index contributed by atoms with van der Waals surface area (Å²) in [6.45, 7) is 7.41. The summed E-state index contributed by atoms with van der Waals surface area (Å²) in [7, 11) is 1.63. The van der Waals surface area contributed by atoms with Crippen molar-refractivity contribution < 1.29 is 4.74 Å². The molecule has 4 aromatic rings. The Morgan fingerprint density at radius 3 is 2.77 bits per heavy atom. The van der Waals surface area contributed by atoms with E-state index in [0.29, 0.717) is 11.4 Å². The van der Waals surface area contributed by atoms with Crippen molar-refractivity contribution in [3.05, 3.63) is 46.8 Å². The number of aromatic nitrogens is 5. The lowest BCUT2D eigenvalue weighted by Gasteiger charge is -2.31. The topological polar surface area (TPSA) is 80.5 Å². The second-order valence-corrected chi connectivity index (χ2v) is 7.98. The fourth-order valence-corrected chi connectivity index (χ4v) is 4.64. The van der Waals surface area contributed by atoms with E-state index in [1.165, 1.54) is 6.33 Å². The summed E-state index contributed by atoms with van der Waals surface area (Å²) in [5.41, 5.74) is 5.59. The van der Waals surface area contributed by atoms with Gasteiger partial charge in [0.25, 0.3) is 0 Å². The molecule has 0 radical (unpaired) electrons. The number of rotatable bonds is 4. The van der Waals surface area contributed by atoms with Crippen LogP contribution in [-0.2, 0) is 0 Å². The molecule has 30 heavy (non-hydrogen) atoms. The number of pyridine rings is 1. The van der Waals surface area contributed by atoms with Gasteiger partial charge in [0.05, 0.1) is 18.1 Å². The third-order valence-electron chi connectivity index (χ3n) is 6.30. The lowest BCUT2D eigenvalue weighted by Crippen LogP contribution is -2.36. The van der Waals surface area contributed by atoms with Crippen molar-refractivity contribution in [2.24, 2.45) is 0 Å². The van der Waals surface area contributed by atoms with Gasteiger partial charge in [0.2, 0.25) is 0 Å². The SMILES string of the molecule is CCN1CCC(n2c(=O)[nH]c3cc(-c4cc(OC)c5ncnn5c4)c(C)cc32)CC1. The maximum absolute atomic E-state index is 12.8. The van der Waals surface area contributed by atoms with Crippen molar-refractivity contribution in [1.82, 2.24) is 29.0 Å². The molecule has 0 spiro atoms. The highest BCUT2D eigenvalue weighted by Crippen LogP contribution is 2.32. The third kappa shape index (κ3) is 2.99. The number of ether oxygens (including phenoxy) is 1. The van der Waals surface area contributed by atoms with Gasteiger partial charge in [-0.3, -0.25) is 4.57 Å². The molecule has 3 aromatic heterocycles. The van der Waals surface area contributed by atoms with E-state index in [1.807, 2.05) is 16.8 Å². The zero-order chi connectivity index (χ0) is 20.8. The van der Waals surface area contributed by atoms with Crippen LogP contribution in [0, 0.1) is 6.92 Å². The summed E-state index contributed by atoms with van der Waals surface area (Å²) in [4.78, 5) is 22.6. The van der Waals surface area contributed by atoms with Crippen molar-refractivity contribution in [2.45, 2.75) is 32.7 Å². The average molecular weight is 406 g/mol. The van der Waals surface area contributed by atoms with Crippen molar-refractivity contribution in [1.29, 1.82) is 0 Å². The molecule has 1 aliphatic heterocycles. The Morgan fingerprint density at radius 1 is 1.23 bits per heavy atom. The van der Waals surface area contributed by atoms with Crippen LogP contribution in [0.5, 0.6) is 5.75 Å². The minimum Gasteiger partial charge on any atom is -0.493 e. The number of hydrogen-bond acceptors (Lipinski definition) is 5. The quantitative estimate of drug-likeness (QED) is 0.564. The molecule has 1 aromatic carbocycles. The Hall–Kier alpha value is -3.13. The van der Waals surface area contributed by atoms with Gasteiger partial charge in [-0.2, -0.15) is 5.10 Å². The number of piperidine rings is 1. The number of fused-ring (bicyclic) bond motifs is 2. The molecule has 1 aliphatic rings. The number of imidazole rings is 1. The molecule has 4 heterocycles. The lowest BCUT2D eigenvalue weighted by atomic mass is 10.00. The van der Waals surface area contributed by atoms with Crippen LogP contribution in [0.1, 0.15) is 31.4 Å². The fourth-order valence-electron chi connectivity index (χ4n) is 4.64. The van der Waals surface area contributed by atoms with Crippen molar-refractivity contribution >= 4 is 16.7 Å². The number of likely N-dealkylation sites (tertiary alicyclic amines) is 1. The van der Waals surface area contributed by atoms with E-state index in [0.717, 1.165) is 60.2 Å². The maximum Gasteiger partial charge on any atom is 0.326 e. The molecule has 0 aliphatic carbocycles. The Kier molecular flexibility index (Phi) is 4.58. The Labute approximate surface area is 174 Å². The van der Waals surface area contributed by atoms with Crippen molar-refractivity contribution in [2.75, 3.05) is 26.7 Å². The average Bonchev–Trinajstić information content (AvgIpc) is 3.36.